The summed E-state index contributed by atoms with van der Waals surface area (Å²) in [5.74, 6) is -0.875. The summed E-state index contributed by atoms with van der Waals surface area (Å²) in [6.07, 6.45) is 0.610. The summed E-state index contributed by atoms with van der Waals surface area (Å²) in [7, 11) is 0. The lowest BCUT2D eigenvalue weighted by molar-refractivity contribution is -0.140. The van der Waals surface area contributed by atoms with Crippen molar-refractivity contribution in [3.63, 3.8) is 0 Å². The van der Waals surface area contributed by atoms with E-state index in [0.717, 1.165) is 5.56 Å². The van der Waals surface area contributed by atoms with Gasteiger partial charge in [-0.1, -0.05) is 12.1 Å². The highest BCUT2D eigenvalue weighted by Gasteiger charge is 2.45. The molecule has 0 saturated carbocycles. The number of rotatable bonds is 9. The molecule has 7 nitrogen and oxygen atoms in total. The summed E-state index contributed by atoms with van der Waals surface area (Å²) in [5.41, 5.74) is 1.89. The third-order valence-electron chi connectivity index (χ3n) is 5.49. The van der Waals surface area contributed by atoms with Gasteiger partial charge >= 0.3 is 0 Å². The van der Waals surface area contributed by atoms with E-state index in [-0.39, 0.29) is 23.2 Å². The fourth-order valence-electron chi connectivity index (χ4n) is 3.94. The van der Waals surface area contributed by atoms with E-state index in [1.807, 2.05) is 27.7 Å². The summed E-state index contributed by atoms with van der Waals surface area (Å²) in [5, 5.41) is 20.9. The van der Waals surface area contributed by atoms with E-state index in [4.69, 9.17) is 9.47 Å². The summed E-state index contributed by atoms with van der Waals surface area (Å²) < 4.78 is 11.1. The van der Waals surface area contributed by atoms with E-state index in [0.29, 0.717) is 43.1 Å². The quantitative estimate of drug-likeness (QED) is 0.254. The molecule has 1 fully saturated rings. The van der Waals surface area contributed by atoms with Crippen molar-refractivity contribution in [3.05, 3.63) is 64.7 Å². The summed E-state index contributed by atoms with van der Waals surface area (Å²) in [4.78, 5) is 27.5. The van der Waals surface area contributed by atoms with Gasteiger partial charge in [-0.05, 0) is 75.6 Å². The lowest BCUT2D eigenvalue weighted by Gasteiger charge is -2.25. The van der Waals surface area contributed by atoms with Gasteiger partial charge in [-0.2, -0.15) is 0 Å². The van der Waals surface area contributed by atoms with Crippen molar-refractivity contribution in [2.24, 2.45) is 0 Å². The average molecular weight is 454 g/mol. The van der Waals surface area contributed by atoms with Gasteiger partial charge in [-0.25, -0.2) is 0 Å². The number of benzene rings is 2. The van der Waals surface area contributed by atoms with E-state index in [9.17, 15) is 19.8 Å². The second-order valence-electron chi connectivity index (χ2n) is 8.27. The molecule has 0 bridgehead atoms. The van der Waals surface area contributed by atoms with Crippen molar-refractivity contribution < 1.29 is 29.3 Å². The molecule has 2 N–H and O–H groups in total. The van der Waals surface area contributed by atoms with Crippen molar-refractivity contribution in [1.82, 2.24) is 4.90 Å². The van der Waals surface area contributed by atoms with Crippen LogP contribution in [0.25, 0.3) is 5.76 Å². The van der Waals surface area contributed by atoms with Crippen molar-refractivity contribution in [1.29, 1.82) is 0 Å². The third kappa shape index (κ3) is 5.37. The van der Waals surface area contributed by atoms with Gasteiger partial charge in [0.2, 0.25) is 0 Å². The Morgan fingerprint density at radius 2 is 1.82 bits per heavy atom. The maximum atomic E-state index is 13.1. The Morgan fingerprint density at radius 1 is 1.12 bits per heavy atom. The number of Topliss-reactive ketones (excluding diaryl/α,β-unsaturated/α-hetero) is 1. The number of phenolic OH excluding ortho intramolecular Hbond substituents is 1. The molecule has 1 amide bonds. The van der Waals surface area contributed by atoms with Crippen LogP contribution in [-0.4, -0.2) is 52.7 Å². The largest absolute Gasteiger partial charge is 0.508 e. The van der Waals surface area contributed by atoms with Crippen molar-refractivity contribution in [2.75, 3.05) is 19.8 Å². The average Bonchev–Trinajstić information content (AvgIpc) is 3.03. The minimum absolute atomic E-state index is 0.0269. The SMILES string of the molecule is CCOc1ccc(/C(O)=C2/C(=O)C(=O)N(CCCOC(C)C)C2c2ccc(O)cc2)cc1C. The van der Waals surface area contributed by atoms with Crippen LogP contribution in [0.5, 0.6) is 11.5 Å². The number of likely N-dealkylation sites (tertiary alicyclic amines) is 1. The van der Waals surface area contributed by atoms with Gasteiger partial charge in [0.15, 0.2) is 0 Å². The normalized spacial score (nSPS) is 17.7. The van der Waals surface area contributed by atoms with Gasteiger partial charge in [0.25, 0.3) is 11.7 Å². The van der Waals surface area contributed by atoms with E-state index < -0.39 is 17.7 Å². The van der Waals surface area contributed by atoms with Crippen LogP contribution >= 0.6 is 0 Å². The van der Waals surface area contributed by atoms with Gasteiger partial charge < -0.3 is 24.6 Å². The van der Waals surface area contributed by atoms with Crippen LogP contribution < -0.4 is 4.74 Å². The third-order valence-corrected chi connectivity index (χ3v) is 5.49. The van der Waals surface area contributed by atoms with Gasteiger partial charge in [0, 0.05) is 18.7 Å². The van der Waals surface area contributed by atoms with E-state index in [2.05, 4.69) is 0 Å². The monoisotopic (exact) mass is 453 g/mol. The first kappa shape index (κ1) is 24.3. The second kappa shape index (κ2) is 10.5. The van der Waals surface area contributed by atoms with Crippen molar-refractivity contribution in [3.8, 4) is 11.5 Å². The van der Waals surface area contributed by atoms with Crippen LogP contribution in [-0.2, 0) is 14.3 Å². The number of nitrogens with zero attached hydrogens (tertiary/aromatic N) is 1. The Labute approximate surface area is 194 Å². The number of hydrogen-bond donors (Lipinski definition) is 2. The zero-order chi connectivity index (χ0) is 24.1. The fourth-order valence-corrected chi connectivity index (χ4v) is 3.94. The minimum atomic E-state index is -0.767. The van der Waals surface area contributed by atoms with Crippen LogP contribution in [0.3, 0.4) is 0 Å². The highest BCUT2D eigenvalue weighted by atomic mass is 16.5. The molecule has 3 rings (SSSR count). The van der Waals surface area contributed by atoms with Crippen LogP contribution in [0.4, 0.5) is 0 Å². The summed E-state index contributed by atoms with van der Waals surface area (Å²) >= 11 is 0. The molecule has 7 heteroatoms. The number of phenols is 1. The Hall–Kier alpha value is -3.32. The van der Waals surface area contributed by atoms with Gasteiger partial charge in [-0.15, -0.1) is 0 Å². The second-order valence-corrected chi connectivity index (χ2v) is 8.27. The number of hydrogen-bond acceptors (Lipinski definition) is 6. The first-order chi connectivity index (χ1) is 15.7. The van der Waals surface area contributed by atoms with Crippen LogP contribution in [0.2, 0.25) is 0 Å². The van der Waals surface area contributed by atoms with Crippen LogP contribution in [0.1, 0.15) is 49.9 Å². The lowest BCUT2D eigenvalue weighted by atomic mass is 9.94. The molecule has 0 aromatic heterocycles. The lowest BCUT2D eigenvalue weighted by Crippen LogP contribution is -2.31. The topological polar surface area (TPSA) is 96.3 Å². The molecular formula is C26H31NO6. The van der Waals surface area contributed by atoms with Crippen LogP contribution in [0, 0.1) is 6.92 Å². The predicted molar refractivity (Wildman–Crippen MR) is 125 cm³/mol. The number of ether oxygens (including phenoxy) is 2. The van der Waals surface area contributed by atoms with E-state index >= 15 is 0 Å². The molecule has 1 aliphatic rings. The Kier molecular flexibility index (Phi) is 7.76. The first-order valence-electron chi connectivity index (χ1n) is 11.2. The molecule has 0 radical (unpaired) electrons. The van der Waals surface area contributed by atoms with Gasteiger partial charge in [0.05, 0.1) is 24.3 Å². The number of carbonyl (C=O) groups is 2. The van der Waals surface area contributed by atoms with E-state index in [1.54, 1.807) is 30.3 Å². The highest BCUT2D eigenvalue weighted by molar-refractivity contribution is 6.46. The fraction of sp³-hybridized carbons (Fsp3) is 0.385. The zero-order valence-corrected chi connectivity index (χ0v) is 19.5. The standard InChI is InChI=1S/C26H31NO6/c1-5-32-21-12-9-19(15-17(21)4)24(29)22-23(18-7-10-20(28)11-8-18)27(26(31)25(22)30)13-6-14-33-16(2)3/h7-12,15-16,23,28-29H,5-6,13-14H2,1-4H3/b24-22-. The molecule has 1 saturated heterocycles. The number of amides is 1. The van der Waals surface area contributed by atoms with Crippen molar-refractivity contribution >= 4 is 17.4 Å². The molecule has 1 aliphatic heterocycles. The maximum absolute atomic E-state index is 13.1. The molecule has 2 aromatic rings. The number of carbonyl (C=O) groups excluding carboxylic acids is 2. The molecule has 1 unspecified atom stereocenters. The van der Waals surface area contributed by atoms with Gasteiger partial charge in [0.1, 0.15) is 17.3 Å². The number of aryl methyl sites for hydroxylation is 1. The summed E-state index contributed by atoms with van der Waals surface area (Å²) in [6.45, 7) is 8.86. The number of aliphatic hydroxyl groups is 1. The molecule has 2 aromatic carbocycles. The van der Waals surface area contributed by atoms with E-state index in [1.165, 1.54) is 17.0 Å². The molecule has 0 spiro atoms. The smallest absolute Gasteiger partial charge is 0.295 e. The molecule has 1 atom stereocenters. The molecule has 176 valence electrons. The van der Waals surface area contributed by atoms with Crippen molar-refractivity contribution in [2.45, 2.75) is 46.3 Å². The van der Waals surface area contributed by atoms with Crippen LogP contribution in [0.15, 0.2) is 48.0 Å². The molecule has 0 aliphatic carbocycles. The Morgan fingerprint density at radius 3 is 2.42 bits per heavy atom. The minimum Gasteiger partial charge on any atom is -0.508 e. The highest BCUT2D eigenvalue weighted by Crippen LogP contribution is 2.40. The number of aliphatic hydroxyl groups excluding tert-OH is 1. The molecular weight excluding hydrogens is 422 g/mol. The number of aromatic hydroxyl groups is 1. The summed E-state index contributed by atoms with van der Waals surface area (Å²) in [6, 6.07) is 10.7. The zero-order valence-electron chi connectivity index (χ0n) is 19.5. The number of ketones is 1. The Bertz CT molecular complexity index is 1040. The molecule has 1 heterocycles. The first-order valence-corrected chi connectivity index (χ1v) is 11.2. The van der Waals surface area contributed by atoms with Gasteiger partial charge in [-0.3, -0.25) is 9.59 Å². The Balaban J connectivity index is 2.03. The molecule has 33 heavy (non-hydrogen) atoms. The maximum Gasteiger partial charge on any atom is 0.295 e. The predicted octanol–water partition coefficient (Wildman–Crippen LogP) is 4.34.